The number of rotatable bonds is 2. The number of anilines is 1. The van der Waals surface area contributed by atoms with Crippen LogP contribution in [0.25, 0.3) is 0 Å². The van der Waals surface area contributed by atoms with Crippen molar-refractivity contribution in [3.63, 3.8) is 0 Å². The predicted molar refractivity (Wildman–Crippen MR) is 79.2 cm³/mol. The van der Waals surface area contributed by atoms with Gasteiger partial charge in [0.05, 0.1) is 21.9 Å². The minimum atomic E-state index is -0.976. The fourth-order valence-electron chi connectivity index (χ4n) is 3.23. The van der Waals surface area contributed by atoms with Crippen LogP contribution in [0.1, 0.15) is 42.5 Å². The van der Waals surface area contributed by atoms with Gasteiger partial charge in [-0.1, -0.05) is 31.4 Å². The van der Waals surface area contributed by atoms with Gasteiger partial charge >= 0.3 is 5.97 Å². The molecule has 1 aliphatic heterocycles. The Bertz CT molecular complexity index is 552. The van der Waals surface area contributed by atoms with Crippen LogP contribution in [-0.4, -0.2) is 27.6 Å². The number of carboxylic acid groups (broad SMARTS) is 1. The number of carbonyl (C=O) groups is 2. The number of hydrogen-bond donors (Lipinski definition) is 1. The molecule has 0 atom stereocenters. The maximum absolute atomic E-state index is 12.3. The summed E-state index contributed by atoms with van der Waals surface area (Å²) < 4.78 is 0. The van der Waals surface area contributed by atoms with Crippen molar-refractivity contribution >= 4 is 29.3 Å². The number of hydrogen-bond acceptors (Lipinski definition) is 3. The van der Waals surface area contributed by atoms with Crippen molar-refractivity contribution in [2.75, 3.05) is 10.7 Å². The summed E-state index contributed by atoms with van der Waals surface area (Å²) in [6, 6.07) is 6.83. The van der Waals surface area contributed by atoms with Gasteiger partial charge in [0.2, 0.25) is 5.91 Å². The van der Waals surface area contributed by atoms with Crippen LogP contribution >= 0.6 is 11.8 Å². The zero-order valence-electron chi connectivity index (χ0n) is 11.2. The van der Waals surface area contributed by atoms with Gasteiger partial charge in [0, 0.05) is 0 Å². The van der Waals surface area contributed by atoms with E-state index in [0.717, 1.165) is 25.7 Å². The average Bonchev–Trinajstić information content (AvgIpc) is 2.76. The maximum atomic E-state index is 12.3. The van der Waals surface area contributed by atoms with E-state index in [0.29, 0.717) is 11.4 Å². The van der Waals surface area contributed by atoms with Crippen molar-refractivity contribution in [1.29, 1.82) is 0 Å². The standard InChI is InChI=1S/C15H17NO3S/c17-13-10-20-15(8-4-1-5-9-15)16(13)12-7-3-2-6-11(12)14(18)19/h2-3,6-7H,1,4-5,8-10H2,(H,18,19). The van der Waals surface area contributed by atoms with Gasteiger partial charge in [-0.15, -0.1) is 11.8 Å². The molecule has 1 heterocycles. The third-order valence-electron chi connectivity index (χ3n) is 4.13. The van der Waals surface area contributed by atoms with Crippen LogP contribution in [0.15, 0.2) is 24.3 Å². The van der Waals surface area contributed by atoms with Gasteiger partial charge in [-0.05, 0) is 25.0 Å². The Hall–Kier alpha value is -1.49. The van der Waals surface area contributed by atoms with Crippen molar-refractivity contribution in [1.82, 2.24) is 0 Å². The fraction of sp³-hybridized carbons (Fsp3) is 0.467. The highest BCUT2D eigenvalue weighted by molar-refractivity contribution is 8.02. The number of nitrogens with zero attached hydrogens (tertiary/aromatic N) is 1. The van der Waals surface area contributed by atoms with E-state index >= 15 is 0 Å². The first-order valence-corrected chi connectivity index (χ1v) is 7.92. The molecule has 20 heavy (non-hydrogen) atoms. The lowest BCUT2D eigenvalue weighted by Crippen LogP contribution is -2.46. The summed E-state index contributed by atoms with van der Waals surface area (Å²) in [7, 11) is 0. The SMILES string of the molecule is O=C(O)c1ccccc1N1C(=O)CSC12CCCCC2. The molecule has 1 spiro atoms. The molecule has 1 aromatic rings. The van der Waals surface area contributed by atoms with Crippen molar-refractivity contribution in [3.8, 4) is 0 Å². The number of amides is 1. The second-order valence-electron chi connectivity index (χ2n) is 5.35. The zero-order valence-corrected chi connectivity index (χ0v) is 12.0. The summed E-state index contributed by atoms with van der Waals surface area (Å²) in [4.78, 5) is 25.3. The number of para-hydroxylation sites is 1. The molecule has 1 aromatic carbocycles. The number of aromatic carboxylic acids is 1. The molecule has 1 amide bonds. The van der Waals surface area contributed by atoms with Crippen LogP contribution in [0.2, 0.25) is 0 Å². The zero-order chi connectivity index (χ0) is 14.2. The Balaban J connectivity index is 2.06. The van der Waals surface area contributed by atoms with E-state index in [1.807, 2.05) is 0 Å². The first-order chi connectivity index (χ1) is 9.64. The molecular weight excluding hydrogens is 274 g/mol. The Labute approximate surface area is 122 Å². The topological polar surface area (TPSA) is 57.6 Å². The van der Waals surface area contributed by atoms with E-state index in [-0.39, 0.29) is 16.3 Å². The van der Waals surface area contributed by atoms with Crippen LogP contribution in [0.4, 0.5) is 5.69 Å². The molecule has 0 unspecified atom stereocenters. The third kappa shape index (κ3) is 2.10. The summed E-state index contributed by atoms with van der Waals surface area (Å²) in [5.41, 5.74) is 0.769. The van der Waals surface area contributed by atoms with Gasteiger partial charge in [0.15, 0.2) is 0 Å². The molecule has 106 valence electrons. The Morgan fingerprint density at radius 1 is 1.20 bits per heavy atom. The smallest absolute Gasteiger partial charge is 0.337 e. The van der Waals surface area contributed by atoms with Gasteiger partial charge in [0.25, 0.3) is 0 Å². The summed E-state index contributed by atoms with van der Waals surface area (Å²) in [6.07, 6.45) is 5.32. The molecule has 1 N–H and O–H groups in total. The van der Waals surface area contributed by atoms with E-state index in [1.54, 1.807) is 40.9 Å². The molecule has 1 aliphatic carbocycles. The lowest BCUT2D eigenvalue weighted by atomic mass is 9.92. The number of carbonyl (C=O) groups excluding carboxylic acids is 1. The van der Waals surface area contributed by atoms with Gasteiger partial charge in [-0.25, -0.2) is 4.79 Å². The third-order valence-corrected chi connectivity index (χ3v) is 5.65. The number of carboxylic acids is 1. The Morgan fingerprint density at radius 3 is 2.60 bits per heavy atom. The maximum Gasteiger partial charge on any atom is 0.337 e. The van der Waals surface area contributed by atoms with Crippen LogP contribution in [0.3, 0.4) is 0 Å². The lowest BCUT2D eigenvalue weighted by molar-refractivity contribution is -0.116. The molecule has 2 fully saturated rings. The van der Waals surface area contributed by atoms with Gasteiger partial charge in [-0.3, -0.25) is 9.69 Å². The van der Waals surface area contributed by atoms with Gasteiger partial charge in [0.1, 0.15) is 0 Å². The number of thioether (sulfide) groups is 1. The van der Waals surface area contributed by atoms with Crippen LogP contribution in [-0.2, 0) is 4.79 Å². The number of benzene rings is 1. The summed E-state index contributed by atoms with van der Waals surface area (Å²) in [6.45, 7) is 0. The molecule has 0 radical (unpaired) electrons. The molecular formula is C15H17NO3S. The lowest BCUT2D eigenvalue weighted by Gasteiger charge is -2.40. The summed E-state index contributed by atoms with van der Waals surface area (Å²) >= 11 is 1.68. The van der Waals surface area contributed by atoms with Gasteiger partial charge < -0.3 is 5.11 Å². The minimum Gasteiger partial charge on any atom is -0.478 e. The normalized spacial score (nSPS) is 21.4. The van der Waals surface area contributed by atoms with Crippen LogP contribution in [0.5, 0.6) is 0 Å². The van der Waals surface area contributed by atoms with E-state index in [9.17, 15) is 14.7 Å². The fourth-order valence-corrected chi connectivity index (χ4v) is 4.66. The quantitative estimate of drug-likeness (QED) is 0.909. The van der Waals surface area contributed by atoms with E-state index < -0.39 is 5.97 Å². The second kappa shape index (κ2) is 5.13. The second-order valence-corrected chi connectivity index (χ2v) is 6.68. The first kappa shape index (κ1) is 13.5. The molecule has 1 saturated heterocycles. The van der Waals surface area contributed by atoms with Crippen LogP contribution < -0.4 is 4.90 Å². The van der Waals surface area contributed by atoms with E-state index in [1.165, 1.54) is 6.42 Å². The van der Waals surface area contributed by atoms with Gasteiger partial charge in [-0.2, -0.15) is 0 Å². The Kier molecular flexibility index (Phi) is 3.46. The van der Waals surface area contributed by atoms with Crippen molar-refractivity contribution in [2.24, 2.45) is 0 Å². The molecule has 2 aliphatic rings. The highest BCUT2D eigenvalue weighted by Crippen LogP contribution is 2.49. The highest BCUT2D eigenvalue weighted by Gasteiger charge is 2.48. The Morgan fingerprint density at radius 2 is 1.90 bits per heavy atom. The highest BCUT2D eigenvalue weighted by atomic mass is 32.2. The average molecular weight is 291 g/mol. The van der Waals surface area contributed by atoms with Crippen molar-refractivity contribution < 1.29 is 14.7 Å². The molecule has 0 bridgehead atoms. The molecule has 0 aromatic heterocycles. The minimum absolute atomic E-state index is 0.0330. The van der Waals surface area contributed by atoms with E-state index in [2.05, 4.69) is 0 Å². The first-order valence-electron chi connectivity index (χ1n) is 6.93. The summed E-state index contributed by atoms with van der Waals surface area (Å²) in [5.74, 6) is -0.490. The van der Waals surface area contributed by atoms with E-state index in [4.69, 9.17) is 0 Å². The largest absolute Gasteiger partial charge is 0.478 e. The molecule has 3 rings (SSSR count). The van der Waals surface area contributed by atoms with Crippen molar-refractivity contribution in [2.45, 2.75) is 37.0 Å². The molecule has 1 saturated carbocycles. The van der Waals surface area contributed by atoms with Crippen molar-refractivity contribution in [3.05, 3.63) is 29.8 Å². The monoisotopic (exact) mass is 291 g/mol. The molecule has 5 heteroatoms. The van der Waals surface area contributed by atoms with Crippen LogP contribution in [0, 0.1) is 0 Å². The molecule has 4 nitrogen and oxygen atoms in total. The predicted octanol–water partition coefficient (Wildman–Crippen LogP) is 3.13. The summed E-state index contributed by atoms with van der Waals surface area (Å²) in [5, 5.41) is 9.35.